The number of methoxy groups -OCH3 is 1. The first kappa shape index (κ1) is 18.8. The first-order valence-corrected chi connectivity index (χ1v) is 7.55. The molecule has 0 saturated heterocycles. The molecule has 0 radical (unpaired) electrons. The van der Waals surface area contributed by atoms with E-state index in [0.29, 0.717) is 23.7 Å². The Morgan fingerprint density at radius 3 is 2.39 bits per heavy atom. The predicted octanol–water partition coefficient (Wildman–Crippen LogP) is 2.08. The molecular formula is C17H26N2O4. The van der Waals surface area contributed by atoms with E-state index in [9.17, 15) is 9.59 Å². The summed E-state index contributed by atoms with van der Waals surface area (Å²) >= 11 is 0. The van der Waals surface area contributed by atoms with Gasteiger partial charge in [-0.3, -0.25) is 9.59 Å². The largest absolute Gasteiger partial charge is 0.493 e. The van der Waals surface area contributed by atoms with Crippen LogP contribution in [-0.4, -0.2) is 49.6 Å². The molecule has 1 N–H and O–H groups in total. The van der Waals surface area contributed by atoms with Crippen LogP contribution in [0.25, 0.3) is 0 Å². The molecular weight excluding hydrogens is 296 g/mol. The zero-order valence-electron chi connectivity index (χ0n) is 14.7. The fraction of sp³-hybridized carbons (Fsp3) is 0.529. The highest BCUT2D eigenvalue weighted by Gasteiger charge is 2.19. The van der Waals surface area contributed by atoms with Crippen molar-refractivity contribution in [3.63, 3.8) is 0 Å². The summed E-state index contributed by atoms with van der Waals surface area (Å²) in [4.78, 5) is 25.7. The van der Waals surface area contributed by atoms with Crippen LogP contribution < -0.4 is 14.8 Å². The molecule has 23 heavy (non-hydrogen) atoms. The Bertz CT molecular complexity index is 564. The van der Waals surface area contributed by atoms with Crippen LogP contribution in [0, 0.1) is 0 Å². The second-order valence-corrected chi connectivity index (χ2v) is 6.26. The molecule has 0 spiro atoms. The van der Waals surface area contributed by atoms with E-state index in [1.165, 1.54) is 12.0 Å². The van der Waals surface area contributed by atoms with Crippen molar-refractivity contribution >= 4 is 11.8 Å². The average molecular weight is 322 g/mol. The lowest BCUT2D eigenvalue weighted by atomic mass is 10.1. The fourth-order valence-corrected chi connectivity index (χ4v) is 2.04. The Kier molecular flexibility index (Phi) is 6.42. The minimum atomic E-state index is -0.330. The number of nitrogens with zero attached hydrogens (tertiary/aromatic N) is 1. The summed E-state index contributed by atoms with van der Waals surface area (Å²) in [6, 6.07) is 4.97. The van der Waals surface area contributed by atoms with Gasteiger partial charge in [-0.2, -0.15) is 0 Å². The van der Waals surface area contributed by atoms with Crippen LogP contribution in [0.1, 0.15) is 38.1 Å². The van der Waals surface area contributed by atoms with Crippen molar-refractivity contribution in [3.8, 4) is 11.5 Å². The number of carbonyl (C=O) groups is 2. The van der Waals surface area contributed by atoms with E-state index in [4.69, 9.17) is 9.47 Å². The summed E-state index contributed by atoms with van der Waals surface area (Å²) in [5, 5.41) is 2.83. The SMILES string of the molecule is CCOc1ccc(C(=O)N(C)CC(=O)NC(C)(C)C)cc1OC. The fourth-order valence-electron chi connectivity index (χ4n) is 2.04. The Morgan fingerprint density at radius 1 is 1.22 bits per heavy atom. The van der Waals surface area contributed by atoms with Gasteiger partial charge in [0.25, 0.3) is 5.91 Å². The molecule has 1 aromatic rings. The number of hydrogen-bond acceptors (Lipinski definition) is 4. The summed E-state index contributed by atoms with van der Waals surface area (Å²) in [5.41, 5.74) is 0.111. The second-order valence-electron chi connectivity index (χ2n) is 6.26. The molecule has 2 amide bonds. The van der Waals surface area contributed by atoms with Gasteiger partial charge in [-0.15, -0.1) is 0 Å². The number of rotatable bonds is 6. The molecule has 0 aromatic heterocycles. The molecule has 0 heterocycles. The van der Waals surface area contributed by atoms with Crippen molar-refractivity contribution in [1.29, 1.82) is 0 Å². The first-order valence-electron chi connectivity index (χ1n) is 7.55. The average Bonchev–Trinajstić information content (AvgIpc) is 2.45. The van der Waals surface area contributed by atoms with Gasteiger partial charge in [-0.1, -0.05) is 0 Å². The van der Waals surface area contributed by atoms with Gasteiger partial charge in [0.2, 0.25) is 5.91 Å². The van der Waals surface area contributed by atoms with Crippen LogP contribution in [0.4, 0.5) is 0 Å². The Balaban J connectivity index is 2.82. The maximum absolute atomic E-state index is 12.4. The van der Waals surface area contributed by atoms with Gasteiger partial charge in [-0.25, -0.2) is 0 Å². The third-order valence-electron chi connectivity index (χ3n) is 2.95. The third kappa shape index (κ3) is 5.81. The highest BCUT2D eigenvalue weighted by atomic mass is 16.5. The Labute approximate surface area is 137 Å². The number of ether oxygens (including phenoxy) is 2. The number of carbonyl (C=O) groups excluding carboxylic acids is 2. The van der Waals surface area contributed by atoms with Gasteiger partial charge >= 0.3 is 0 Å². The van der Waals surface area contributed by atoms with Crippen molar-refractivity contribution in [1.82, 2.24) is 10.2 Å². The topological polar surface area (TPSA) is 67.9 Å². The third-order valence-corrected chi connectivity index (χ3v) is 2.95. The summed E-state index contributed by atoms with van der Waals surface area (Å²) in [7, 11) is 3.11. The molecule has 1 rings (SSSR count). The lowest BCUT2D eigenvalue weighted by Crippen LogP contribution is -2.46. The van der Waals surface area contributed by atoms with Crippen molar-refractivity contribution in [2.45, 2.75) is 33.2 Å². The van der Waals surface area contributed by atoms with Gasteiger partial charge in [0.1, 0.15) is 0 Å². The molecule has 0 saturated carbocycles. The van der Waals surface area contributed by atoms with Gasteiger partial charge in [-0.05, 0) is 45.9 Å². The van der Waals surface area contributed by atoms with Crippen molar-refractivity contribution in [2.24, 2.45) is 0 Å². The maximum Gasteiger partial charge on any atom is 0.254 e. The van der Waals surface area contributed by atoms with Crippen LogP contribution in [0.15, 0.2) is 18.2 Å². The lowest BCUT2D eigenvalue weighted by molar-refractivity contribution is -0.122. The highest BCUT2D eigenvalue weighted by molar-refractivity contribution is 5.97. The summed E-state index contributed by atoms with van der Waals surface area (Å²) in [6.07, 6.45) is 0. The Hall–Kier alpha value is -2.24. The summed E-state index contributed by atoms with van der Waals surface area (Å²) < 4.78 is 10.7. The molecule has 0 aliphatic rings. The molecule has 0 atom stereocenters. The smallest absolute Gasteiger partial charge is 0.254 e. The first-order chi connectivity index (χ1) is 10.7. The number of benzene rings is 1. The molecule has 0 aliphatic heterocycles. The van der Waals surface area contributed by atoms with Crippen LogP contribution in [0.3, 0.4) is 0 Å². The van der Waals surface area contributed by atoms with E-state index in [1.807, 2.05) is 27.7 Å². The highest BCUT2D eigenvalue weighted by Crippen LogP contribution is 2.28. The van der Waals surface area contributed by atoms with E-state index in [-0.39, 0.29) is 23.9 Å². The predicted molar refractivity (Wildman–Crippen MR) is 89.0 cm³/mol. The Morgan fingerprint density at radius 2 is 1.87 bits per heavy atom. The van der Waals surface area contributed by atoms with E-state index in [1.54, 1.807) is 25.2 Å². The van der Waals surface area contributed by atoms with Crippen molar-refractivity contribution in [3.05, 3.63) is 23.8 Å². The second kappa shape index (κ2) is 7.85. The zero-order valence-corrected chi connectivity index (χ0v) is 14.7. The zero-order chi connectivity index (χ0) is 17.6. The van der Waals surface area contributed by atoms with Crippen LogP contribution in [-0.2, 0) is 4.79 Å². The normalized spacial score (nSPS) is 10.9. The minimum Gasteiger partial charge on any atom is -0.493 e. The summed E-state index contributed by atoms with van der Waals surface area (Å²) in [6.45, 7) is 8.06. The molecule has 1 aromatic carbocycles. The van der Waals surface area contributed by atoms with E-state index in [2.05, 4.69) is 5.32 Å². The van der Waals surface area contributed by atoms with Crippen molar-refractivity contribution in [2.75, 3.05) is 27.3 Å². The quantitative estimate of drug-likeness (QED) is 0.871. The number of amides is 2. The van der Waals surface area contributed by atoms with Crippen LogP contribution >= 0.6 is 0 Å². The molecule has 0 bridgehead atoms. The summed E-state index contributed by atoms with van der Waals surface area (Å²) in [5.74, 6) is 0.617. The molecule has 0 aliphatic carbocycles. The van der Waals surface area contributed by atoms with Gasteiger partial charge in [0, 0.05) is 18.2 Å². The van der Waals surface area contributed by atoms with E-state index < -0.39 is 0 Å². The molecule has 128 valence electrons. The van der Waals surface area contributed by atoms with Gasteiger partial charge < -0.3 is 19.7 Å². The van der Waals surface area contributed by atoms with Crippen molar-refractivity contribution < 1.29 is 19.1 Å². The van der Waals surface area contributed by atoms with Crippen LogP contribution in [0.2, 0.25) is 0 Å². The maximum atomic E-state index is 12.4. The van der Waals surface area contributed by atoms with Crippen LogP contribution in [0.5, 0.6) is 11.5 Å². The number of nitrogens with one attached hydrogen (secondary N) is 1. The molecule has 0 unspecified atom stereocenters. The number of likely N-dealkylation sites (N-methyl/N-ethyl adjacent to an activating group) is 1. The minimum absolute atomic E-state index is 0.00830. The number of hydrogen-bond donors (Lipinski definition) is 1. The molecule has 6 heteroatoms. The molecule has 0 fully saturated rings. The standard InChI is InChI=1S/C17H26N2O4/c1-7-23-13-9-8-12(10-14(13)22-6)16(21)19(5)11-15(20)18-17(2,3)4/h8-10H,7,11H2,1-6H3,(H,18,20). The van der Waals surface area contributed by atoms with Gasteiger partial charge in [0.05, 0.1) is 20.3 Å². The monoisotopic (exact) mass is 322 g/mol. The molecule has 6 nitrogen and oxygen atoms in total. The van der Waals surface area contributed by atoms with Gasteiger partial charge in [0.15, 0.2) is 11.5 Å². The van der Waals surface area contributed by atoms with E-state index >= 15 is 0 Å². The lowest BCUT2D eigenvalue weighted by Gasteiger charge is -2.23. The van der Waals surface area contributed by atoms with E-state index in [0.717, 1.165) is 0 Å².